The molecule has 1 heterocycles. The number of benzene rings is 1. The summed E-state index contributed by atoms with van der Waals surface area (Å²) < 4.78 is 0. The van der Waals surface area contributed by atoms with Crippen molar-refractivity contribution in [2.24, 2.45) is 11.7 Å². The van der Waals surface area contributed by atoms with Crippen LogP contribution in [-0.4, -0.2) is 11.0 Å². The molecule has 3 nitrogen and oxygen atoms in total. The molecule has 0 bridgehead atoms. The summed E-state index contributed by atoms with van der Waals surface area (Å²) in [5, 5.41) is 3.64. The largest absolute Gasteiger partial charge is 0.367 e. The first-order valence-electron chi connectivity index (χ1n) is 8.29. The van der Waals surface area contributed by atoms with E-state index < -0.39 is 0 Å². The topological polar surface area (TPSA) is 50.9 Å². The molecule has 3 heteroatoms. The van der Waals surface area contributed by atoms with Crippen molar-refractivity contribution < 1.29 is 0 Å². The van der Waals surface area contributed by atoms with Gasteiger partial charge in [-0.2, -0.15) is 0 Å². The fourth-order valence-electron chi connectivity index (χ4n) is 3.29. The summed E-state index contributed by atoms with van der Waals surface area (Å²) in [5.74, 6) is 1.66. The van der Waals surface area contributed by atoms with Gasteiger partial charge in [-0.25, -0.2) is 4.98 Å². The Labute approximate surface area is 133 Å². The monoisotopic (exact) mass is 295 g/mol. The number of nitrogens with two attached hydrogens (primary N) is 1. The van der Waals surface area contributed by atoms with Crippen LogP contribution in [0.5, 0.6) is 0 Å². The summed E-state index contributed by atoms with van der Waals surface area (Å²) in [4.78, 5) is 4.66. The van der Waals surface area contributed by atoms with E-state index in [1.54, 1.807) is 0 Å². The number of nitrogens with one attached hydrogen (secondary N) is 1. The molecule has 1 aliphatic rings. The van der Waals surface area contributed by atoms with Gasteiger partial charge < -0.3 is 11.1 Å². The third-order valence-electron chi connectivity index (χ3n) is 4.73. The van der Waals surface area contributed by atoms with E-state index in [4.69, 9.17) is 5.73 Å². The third kappa shape index (κ3) is 3.30. The summed E-state index contributed by atoms with van der Waals surface area (Å²) in [7, 11) is 0. The number of rotatable bonds is 4. The van der Waals surface area contributed by atoms with E-state index >= 15 is 0 Å². The summed E-state index contributed by atoms with van der Waals surface area (Å²) in [5.41, 5.74) is 9.36. The second kappa shape index (κ2) is 6.93. The molecule has 2 aromatic rings. The van der Waals surface area contributed by atoms with E-state index in [9.17, 15) is 0 Å². The van der Waals surface area contributed by atoms with E-state index in [1.165, 1.54) is 31.2 Å². The minimum atomic E-state index is 0.511. The molecule has 0 radical (unpaired) electrons. The van der Waals surface area contributed by atoms with Crippen LogP contribution in [0.3, 0.4) is 0 Å². The molecule has 1 aromatic carbocycles. The minimum Gasteiger partial charge on any atom is -0.367 e. The standard InChI is InChI=1S/C19H25N3/c1-14-7-5-6-10-18(14)22-19-16(12-20)11-17(13-21-19)15-8-3-2-4-9-15/h2-4,8-9,11,13-14,18H,5-7,10,12,20H2,1H3,(H,21,22). The van der Waals surface area contributed by atoms with Gasteiger partial charge in [0, 0.05) is 29.9 Å². The van der Waals surface area contributed by atoms with Crippen LogP contribution in [0.2, 0.25) is 0 Å². The maximum Gasteiger partial charge on any atom is 0.130 e. The van der Waals surface area contributed by atoms with Crippen LogP contribution < -0.4 is 11.1 Å². The Morgan fingerprint density at radius 2 is 1.91 bits per heavy atom. The quantitative estimate of drug-likeness (QED) is 0.889. The van der Waals surface area contributed by atoms with Gasteiger partial charge in [0.05, 0.1) is 0 Å². The highest BCUT2D eigenvalue weighted by Crippen LogP contribution is 2.28. The lowest BCUT2D eigenvalue weighted by Gasteiger charge is -2.30. The molecule has 0 aliphatic heterocycles. The molecule has 3 rings (SSSR count). The molecule has 1 saturated carbocycles. The zero-order chi connectivity index (χ0) is 15.4. The summed E-state index contributed by atoms with van der Waals surface area (Å²) in [6.45, 7) is 2.84. The number of anilines is 1. The van der Waals surface area contributed by atoms with Gasteiger partial charge in [0.2, 0.25) is 0 Å². The van der Waals surface area contributed by atoms with E-state index in [0.717, 1.165) is 16.9 Å². The molecule has 3 N–H and O–H groups in total. The minimum absolute atomic E-state index is 0.511. The molecule has 116 valence electrons. The van der Waals surface area contributed by atoms with E-state index in [0.29, 0.717) is 18.5 Å². The molecule has 1 aliphatic carbocycles. The van der Waals surface area contributed by atoms with Crippen molar-refractivity contribution in [1.29, 1.82) is 0 Å². The van der Waals surface area contributed by atoms with Crippen molar-refractivity contribution in [3.63, 3.8) is 0 Å². The second-order valence-corrected chi connectivity index (χ2v) is 6.31. The maximum absolute atomic E-state index is 5.96. The Balaban J connectivity index is 1.83. The van der Waals surface area contributed by atoms with Gasteiger partial charge in [0.25, 0.3) is 0 Å². The van der Waals surface area contributed by atoms with E-state index in [-0.39, 0.29) is 0 Å². The summed E-state index contributed by atoms with van der Waals surface area (Å²) in [6, 6.07) is 13.0. The lowest BCUT2D eigenvalue weighted by molar-refractivity contribution is 0.349. The molecular formula is C19H25N3. The van der Waals surface area contributed by atoms with Gasteiger partial charge >= 0.3 is 0 Å². The van der Waals surface area contributed by atoms with Gasteiger partial charge in [0.1, 0.15) is 5.82 Å². The molecule has 1 fully saturated rings. The van der Waals surface area contributed by atoms with Gasteiger partial charge in [-0.1, -0.05) is 50.1 Å². The lowest BCUT2D eigenvalue weighted by atomic mass is 9.86. The van der Waals surface area contributed by atoms with Crippen molar-refractivity contribution in [2.45, 2.75) is 45.2 Å². The second-order valence-electron chi connectivity index (χ2n) is 6.31. The van der Waals surface area contributed by atoms with Crippen LogP contribution in [0.25, 0.3) is 11.1 Å². The normalized spacial score (nSPS) is 21.5. The number of aromatic nitrogens is 1. The van der Waals surface area contributed by atoms with Crippen LogP contribution in [0.15, 0.2) is 42.6 Å². The van der Waals surface area contributed by atoms with E-state index in [2.05, 4.69) is 35.4 Å². The first-order chi connectivity index (χ1) is 10.8. The summed E-state index contributed by atoms with van der Waals surface area (Å²) >= 11 is 0. The van der Waals surface area contributed by atoms with E-state index in [1.807, 2.05) is 24.4 Å². The fraction of sp³-hybridized carbons (Fsp3) is 0.421. The van der Waals surface area contributed by atoms with Gasteiger partial charge in [-0.15, -0.1) is 0 Å². The van der Waals surface area contributed by atoms with Gasteiger partial charge in [0.15, 0.2) is 0 Å². The summed E-state index contributed by atoms with van der Waals surface area (Å²) in [6.07, 6.45) is 7.14. The van der Waals surface area contributed by atoms with Gasteiger partial charge in [-0.3, -0.25) is 0 Å². The smallest absolute Gasteiger partial charge is 0.130 e. The molecule has 1 aromatic heterocycles. The average Bonchev–Trinajstić information content (AvgIpc) is 2.58. The first-order valence-corrected chi connectivity index (χ1v) is 8.29. The molecule has 22 heavy (non-hydrogen) atoms. The number of hydrogen-bond donors (Lipinski definition) is 2. The van der Waals surface area contributed by atoms with Crippen molar-refractivity contribution in [3.8, 4) is 11.1 Å². The Morgan fingerprint density at radius 1 is 1.14 bits per heavy atom. The van der Waals surface area contributed by atoms with Crippen molar-refractivity contribution in [3.05, 3.63) is 48.2 Å². The first kappa shape index (κ1) is 15.0. The predicted molar refractivity (Wildman–Crippen MR) is 92.6 cm³/mol. The number of pyridine rings is 1. The Morgan fingerprint density at radius 3 is 2.64 bits per heavy atom. The molecule has 2 unspecified atom stereocenters. The molecule has 2 atom stereocenters. The van der Waals surface area contributed by atoms with Crippen molar-refractivity contribution in [2.75, 3.05) is 5.32 Å². The maximum atomic E-state index is 5.96. The zero-order valence-corrected chi connectivity index (χ0v) is 13.3. The molecule has 0 spiro atoms. The molecule has 0 amide bonds. The fourth-order valence-corrected chi connectivity index (χ4v) is 3.29. The third-order valence-corrected chi connectivity index (χ3v) is 4.73. The number of nitrogens with zero attached hydrogens (tertiary/aromatic N) is 1. The SMILES string of the molecule is CC1CCCCC1Nc1ncc(-c2ccccc2)cc1CN. The molecule has 0 saturated heterocycles. The molecular weight excluding hydrogens is 270 g/mol. The van der Waals surface area contributed by atoms with Crippen molar-refractivity contribution >= 4 is 5.82 Å². The Bertz CT molecular complexity index is 609. The van der Waals surface area contributed by atoms with Crippen LogP contribution in [-0.2, 0) is 6.54 Å². The van der Waals surface area contributed by atoms with Crippen LogP contribution in [0.4, 0.5) is 5.82 Å². The average molecular weight is 295 g/mol. The number of hydrogen-bond acceptors (Lipinski definition) is 3. The Hall–Kier alpha value is -1.87. The van der Waals surface area contributed by atoms with Crippen LogP contribution in [0.1, 0.15) is 38.2 Å². The highest BCUT2D eigenvalue weighted by molar-refractivity contribution is 5.65. The van der Waals surface area contributed by atoms with Crippen molar-refractivity contribution in [1.82, 2.24) is 4.98 Å². The van der Waals surface area contributed by atoms with Crippen LogP contribution in [0, 0.1) is 5.92 Å². The highest BCUT2D eigenvalue weighted by atomic mass is 15.0. The van der Waals surface area contributed by atoms with Gasteiger partial charge in [-0.05, 0) is 30.4 Å². The van der Waals surface area contributed by atoms with Crippen LogP contribution >= 0.6 is 0 Å². The Kier molecular flexibility index (Phi) is 4.74. The lowest BCUT2D eigenvalue weighted by Crippen LogP contribution is -2.31. The predicted octanol–water partition coefficient (Wildman–Crippen LogP) is 4.20. The highest BCUT2D eigenvalue weighted by Gasteiger charge is 2.22. The zero-order valence-electron chi connectivity index (χ0n) is 13.3.